The lowest BCUT2D eigenvalue weighted by molar-refractivity contribution is -0.137. The zero-order valence-corrected chi connectivity index (χ0v) is 9.31. The van der Waals surface area contributed by atoms with Crippen LogP contribution in [-0.4, -0.2) is 12.3 Å². The summed E-state index contributed by atoms with van der Waals surface area (Å²) >= 11 is 0. The molecule has 1 aromatic carbocycles. The molecule has 0 amide bonds. The van der Waals surface area contributed by atoms with E-state index >= 15 is 0 Å². The fourth-order valence-electron chi connectivity index (χ4n) is 1.28. The van der Waals surface area contributed by atoms with Crippen LogP contribution in [0.1, 0.15) is 25.0 Å². The molecule has 0 N–H and O–H groups in total. The second kappa shape index (κ2) is 5.16. The molecular weight excluding hydrogens is 238 g/mol. The van der Waals surface area contributed by atoms with Crippen molar-refractivity contribution in [3.05, 3.63) is 35.1 Å². The molecule has 0 fully saturated rings. The second-order valence-corrected chi connectivity index (χ2v) is 3.28. The van der Waals surface area contributed by atoms with Crippen LogP contribution >= 0.6 is 0 Å². The van der Waals surface area contributed by atoms with Crippen LogP contribution in [0.25, 0.3) is 0 Å². The zero-order valence-electron chi connectivity index (χ0n) is 9.31. The predicted molar refractivity (Wildman–Crippen MR) is 55.2 cm³/mol. The molecule has 0 saturated heterocycles. The summed E-state index contributed by atoms with van der Waals surface area (Å²) < 4.78 is 50.8. The summed E-state index contributed by atoms with van der Waals surface area (Å²) in [4.78, 5) is 4.67. The number of halogens is 4. The van der Waals surface area contributed by atoms with Gasteiger partial charge in [-0.3, -0.25) is 0 Å². The molecule has 6 heteroatoms. The molecular formula is C11H11F4NO. The highest BCUT2D eigenvalue weighted by atomic mass is 19.4. The number of benzene rings is 1. The third-order valence-corrected chi connectivity index (χ3v) is 2.01. The van der Waals surface area contributed by atoms with Crippen molar-refractivity contribution in [2.45, 2.75) is 20.0 Å². The summed E-state index contributed by atoms with van der Waals surface area (Å²) in [5.74, 6) is -0.940. The van der Waals surface area contributed by atoms with E-state index in [9.17, 15) is 17.6 Å². The van der Waals surface area contributed by atoms with Crippen molar-refractivity contribution in [3.8, 4) is 0 Å². The zero-order chi connectivity index (χ0) is 13.1. The van der Waals surface area contributed by atoms with Gasteiger partial charge in [0.25, 0.3) is 0 Å². The minimum atomic E-state index is -4.62. The monoisotopic (exact) mass is 249 g/mol. The highest BCUT2D eigenvalue weighted by molar-refractivity contribution is 5.99. The standard InChI is InChI=1S/C11H11F4NO/c1-3-17-16-7(2)9-5-4-8(12)6-10(9)11(13,14)15/h4-6H,3H2,1-2H3/b16-7+. The molecule has 0 unspecified atom stereocenters. The minimum absolute atomic E-state index is 0.0548. The van der Waals surface area contributed by atoms with Crippen molar-refractivity contribution in [2.75, 3.05) is 6.61 Å². The summed E-state index contributed by atoms with van der Waals surface area (Å²) in [5, 5.41) is 3.51. The Kier molecular flexibility index (Phi) is 4.09. The Morgan fingerprint density at radius 2 is 2.00 bits per heavy atom. The summed E-state index contributed by atoms with van der Waals surface area (Å²) in [6.45, 7) is 3.28. The first kappa shape index (κ1) is 13.5. The van der Waals surface area contributed by atoms with Crippen molar-refractivity contribution in [1.29, 1.82) is 0 Å². The van der Waals surface area contributed by atoms with Gasteiger partial charge in [0.05, 0.1) is 11.3 Å². The van der Waals surface area contributed by atoms with Crippen LogP contribution in [0.4, 0.5) is 17.6 Å². The Labute approximate surface area is 95.9 Å². The lowest BCUT2D eigenvalue weighted by Gasteiger charge is -2.12. The first-order valence-electron chi connectivity index (χ1n) is 4.90. The lowest BCUT2D eigenvalue weighted by atomic mass is 10.0. The number of hydrogen-bond donors (Lipinski definition) is 0. The molecule has 0 heterocycles. The molecule has 0 aliphatic heterocycles. The highest BCUT2D eigenvalue weighted by Crippen LogP contribution is 2.32. The summed E-state index contributed by atoms with van der Waals surface area (Å²) in [7, 11) is 0. The van der Waals surface area contributed by atoms with Crippen LogP contribution in [0.15, 0.2) is 23.4 Å². The fourth-order valence-corrected chi connectivity index (χ4v) is 1.28. The van der Waals surface area contributed by atoms with Gasteiger partial charge in [0.1, 0.15) is 12.4 Å². The van der Waals surface area contributed by atoms with Gasteiger partial charge in [0.2, 0.25) is 0 Å². The molecule has 1 aromatic rings. The molecule has 0 spiro atoms. The van der Waals surface area contributed by atoms with Crippen molar-refractivity contribution < 1.29 is 22.4 Å². The van der Waals surface area contributed by atoms with Crippen LogP contribution in [-0.2, 0) is 11.0 Å². The van der Waals surface area contributed by atoms with Crippen LogP contribution in [0, 0.1) is 5.82 Å². The van der Waals surface area contributed by atoms with E-state index in [-0.39, 0.29) is 17.9 Å². The average Bonchev–Trinajstić information content (AvgIpc) is 2.24. The van der Waals surface area contributed by atoms with Gasteiger partial charge in [-0.05, 0) is 32.0 Å². The topological polar surface area (TPSA) is 21.6 Å². The third kappa shape index (κ3) is 3.44. The van der Waals surface area contributed by atoms with Gasteiger partial charge in [-0.2, -0.15) is 13.2 Å². The highest BCUT2D eigenvalue weighted by Gasteiger charge is 2.34. The van der Waals surface area contributed by atoms with Crippen LogP contribution in [0.5, 0.6) is 0 Å². The first-order valence-corrected chi connectivity index (χ1v) is 4.90. The predicted octanol–water partition coefficient (Wildman–Crippen LogP) is 3.61. The molecule has 0 bridgehead atoms. The maximum atomic E-state index is 12.8. The lowest BCUT2D eigenvalue weighted by Crippen LogP contribution is -2.12. The van der Waals surface area contributed by atoms with Crippen molar-refractivity contribution in [1.82, 2.24) is 0 Å². The number of hydrogen-bond acceptors (Lipinski definition) is 2. The van der Waals surface area contributed by atoms with Crippen LogP contribution in [0.3, 0.4) is 0 Å². The Morgan fingerprint density at radius 3 is 2.53 bits per heavy atom. The Morgan fingerprint density at radius 1 is 1.35 bits per heavy atom. The fraction of sp³-hybridized carbons (Fsp3) is 0.364. The van der Waals surface area contributed by atoms with Gasteiger partial charge in [-0.25, -0.2) is 4.39 Å². The van der Waals surface area contributed by atoms with Gasteiger partial charge in [0.15, 0.2) is 0 Å². The normalized spacial score (nSPS) is 12.7. The smallest absolute Gasteiger partial charge is 0.396 e. The maximum Gasteiger partial charge on any atom is 0.417 e. The first-order chi connectivity index (χ1) is 7.86. The molecule has 1 rings (SSSR count). The third-order valence-electron chi connectivity index (χ3n) is 2.01. The number of oxime groups is 1. The molecule has 2 nitrogen and oxygen atoms in total. The summed E-state index contributed by atoms with van der Waals surface area (Å²) in [6, 6.07) is 2.44. The van der Waals surface area contributed by atoms with E-state index in [2.05, 4.69) is 9.99 Å². The molecule has 17 heavy (non-hydrogen) atoms. The number of alkyl halides is 3. The van der Waals surface area contributed by atoms with Gasteiger partial charge in [-0.1, -0.05) is 5.16 Å². The quantitative estimate of drug-likeness (QED) is 0.455. The van der Waals surface area contributed by atoms with E-state index < -0.39 is 17.6 Å². The number of nitrogens with zero attached hydrogens (tertiary/aromatic N) is 1. The van der Waals surface area contributed by atoms with E-state index in [1.807, 2.05) is 0 Å². The molecule has 0 radical (unpaired) electrons. The molecule has 0 atom stereocenters. The van der Waals surface area contributed by atoms with Gasteiger partial charge < -0.3 is 4.84 Å². The van der Waals surface area contributed by atoms with Gasteiger partial charge >= 0.3 is 6.18 Å². The maximum absolute atomic E-state index is 12.8. The van der Waals surface area contributed by atoms with E-state index in [1.54, 1.807) is 6.92 Å². The molecule has 0 aliphatic rings. The molecule has 0 saturated carbocycles. The van der Waals surface area contributed by atoms with Crippen molar-refractivity contribution in [3.63, 3.8) is 0 Å². The largest absolute Gasteiger partial charge is 0.417 e. The van der Waals surface area contributed by atoms with Gasteiger partial charge in [-0.15, -0.1) is 0 Å². The Balaban J connectivity index is 3.24. The van der Waals surface area contributed by atoms with E-state index in [0.29, 0.717) is 6.07 Å². The molecule has 0 aromatic heterocycles. The summed E-state index contributed by atoms with van der Waals surface area (Å²) in [5.41, 5.74) is -1.19. The van der Waals surface area contributed by atoms with Crippen LogP contribution < -0.4 is 0 Å². The SMILES string of the molecule is CCO/N=C(\C)c1ccc(F)cc1C(F)(F)F. The number of rotatable bonds is 3. The van der Waals surface area contributed by atoms with E-state index in [1.165, 1.54) is 6.92 Å². The van der Waals surface area contributed by atoms with Crippen LogP contribution in [0.2, 0.25) is 0 Å². The van der Waals surface area contributed by atoms with Gasteiger partial charge in [0, 0.05) is 5.56 Å². The molecule has 0 aliphatic carbocycles. The Bertz CT molecular complexity index is 426. The molecule has 94 valence electrons. The van der Waals surface area contributed by atoms with E-state index in [0.717, 1.165) is 12.1 Å². The van der Waals surface area contributed by atoms with E-state index in [4.69, 9.17) is 0 Å². The minimum Gasteiger partial charge on any atom is -0.396 e. The second-order valence-electron chi connectivity index (χ2n) is 3.28. The average molecular weight is 249 g/mol. The summed E-state index contributed by atoms with van der Waals surface area (Å²) in [6.07, 6.45) is -4.62. The van der Waals surface area contributed by atoms with Crippen molar-refractivity contribution >= 4 is 5.71 Å². The Hall–Kier alpha value is -1.59. The van der Waals surface area contributed by atoms with Crippen molar-refractivity contribution in [2.24, 2.45) is 5.16 Å².